The quantitative estimate of drug-likeness (QED) is 0.409. The van der Waals surface area contributed by atoms with E-state index < -0.39 is 18.9 Å². The molecule has 2 aliphatic rings. The minimum Gasteiger partial charge on any atom is -0.471 e. The van der Waals surface area contributed by atoms with E-state index in [0.717, 1.165) is 18.4 Å². The maximum absolute atomic E-state index is 12.4. The van der Waals surface area contributed by atoms with Crippen molar-refractivity contribution in [3.8, 4) is 11.6 Å². The lowest BCUT2D eigenvalue weighted by Crippen LogP contribution is -2.31. The van der Waals surface area contributed by atoms with Gasteiger partial charge in [-0.05, 0) is 50.3 Å². The van der Waals surface area contributed by atoms with Crippen LogP contribution in [0.5, 0.6) is 11.6 Å². The predicted octanol–water partition coefficient (Wildman–Crippen LogP) is 3.64. The number of benzene rings is 1. The van der Waals surface area contributed by atoms with Gasteiger partial charge in [-0.3, -0.25) is 4.57 Å². The van der Waals surface area contributed by atoms with Gasteiger partial charge in [-0.2, -0.15) is 13.8 Å². The minimum absolute atomic E-state index is 0.0615. The van der Waals surface area contributed by atoms with Gasteiger partial charge in [-0.1, -0.05) is 19.1 Å². The highest BCUT2D eigenvalue weighted by Gasteiger charge is 2.42. The van der Waals surface area contributed by atoms with Crippen molar-refractivity contribution in [1.82, 2.24) is 19.5 Å². The molecule has 1 aliphatic carbocycles. The van der Waals surface area contributed by atoms with Crippen LogP contribution < -0.4 is 14.8 Å². The first-order valence-electron chi connectivity index (χ1n) is 12.5. The summed E-state index contributed by atoms with van der Waals surface area (Å²) in [5, 5.41) is 24.3. The van der Waals surface area contributed by atoms with Crippen LogP contribution in [0, 0.1) is 5.92 Å². The molecule has 37 heavy (non-hydrogen) atoms. The monoisotopic (exact) mass is 519 g/mol. The largest absolute Gasteiger partial charge is 0.471 e. The number of hydrogen-bond donors (Lipinski definition) is 3. The molecule has 0 spiro atoms. The molecule has 0 bridgehead atoms. The zero-order valence-corrected chi connectivity index (χ0v) is 20.6. The number of halogens is 2. The summed E-state index contributed by atoms with van der Waals surface area (Å²) in [6.07, 6.45) is 2.41. The van der Waals surface area contributed by atoms with Gasteiger partial charge in [0.25, 0.3) is 0 Å². The van der Waals surface area contributed by atoms with Crippen LogP contribution in [-0.2, 0) is 11.3 Å². The number of imidazole rings is 1. The maximum atomic E-state index is 12.4. The highest BCUT2D eigenvalue weighted by molar-refractivity contribution is 5.79. The number of ether oxygens (including phenoxy) is 3. The third-order valence-corrected chi connectivity index (χ3v) is 7.18. The van der Waals surface area contributed by atoms with Crippen LogP contribution in [0.4, 0.5) is 14.7 Å². The first kappa shape index (κ1) is 25.6. The minimum atomic E-state index is -2.89. The van der Waals surface area contributed by atoms with Crippen LogP contribution in [-0.4, -0.2) is 60.7 Å². The zero-order chi connectivity index (χ0) is 26.1. The van der Waals surface area contributed by atoms with Gasteiger partial charge in [0.05, 0.1) is 12.2 Å². The number of nitrogens with one attached hydrogen (secondary N) is 1. The molecule has 12 heteroatoms. The Hall–Kier alpha value is -3.09. The second-order valence-electron chi connectivity index (χ2n) is 9.70. The van der Waals surface area contributed by atoms with Crippen molar-refractivity contribution in [1.29, 1.82) is 0 Å². The van der Waals surface area contributed by atoms with E-state index in [0.29, 0.717) is 30.0 Å². The zero-order valence-electron chi connectivity index (χ0n) is 20.6. The van der Waals surface area contributed by atoms with Crippen LogP contribution in [0.25, 0.3) is 11.2 Å². The molecule has 1 aliphatic heterocycles. The molecule has 200 valence electrons. The average Bonchev–Trinajstić information content (AvgIpc) is 3.36. The van der Waals surface area contributed by atoms with Crippen LogP contribution in [0.2, 0.25) is 0 Å². The first-order valence-corrected chi connectivity index (χ1v) is 12.5. The van der Waals surface area contributed by atoms with Crippen molar-refractivity contribution in [3.63, 3.8) is 0 Å². The van der Waals surface area contributed by atoms with E-state index in [1.807, 2.05) is 13.8 Å². The standard InChI is InChI=1S/C25H31F2N5O5/c1-13-14(2)36-23(20(13)34)32-21-19(31-25(32)30-16-5-7-17(33)8-6-16)22(29-12-28-21)35-11-15-3-9-18(10-4-15)37-24(26)27/h3-4,9-10,12-14,16-17,20,23-24,33-34H,5-8,11H2,1-2H3,(H,30,31)/t13-,14-,16?,17?,20-,23-/m1/s1. The lowest BCUT2D eigenvalue weighted by atomic mass is 9.93. The fraction of sp³-hybridized carbons (Fsp3) is 0.560. The van der Waals surface area contributed by atoms with E-state index in [4.69, 9.17) is 14.5 Å². The van der Waals surface area contributed by atoms with E-state index in [9.17, 15) is 19.0 Å². The molecular formula is C25H31F2N5O5. The second-order valence-corrected chi connectivity index (χ2v) is 9.70. The van der Waals surface area contributed by atoms with Crippen molar-refractivity contribution >= 4 is 17.1 Å². The summed E-state index contributed by atoms with van der Waals surface area (Å²) >= 11 is 0. The van der Waals surface area contributed by atoms with Crippen LogP contribution >= 0.6 is 0 Å². The molecule has 0 amide bonds. The third kappa shape index (κ3) is 5.46. The average molecular weight is 520 g/mol. The molecule has 1 saturated carbocycles. The SMILES string of the molecule is C[C@H]1[C@@H](O)[C@H](n2c(NC3CCC(O)CC3)nc3c(OCc4ccc(OC(F)F)cc4)ncnc32)O[C@@H]1C. The molecule has 1 aromatic carbocycles. The number of aliphatic hydroxyl groups excluding tert-OH is 2. The van der Waals surface area contributed by atoms with Gasteiger partial charge < -0.3 is 29.7 Å². The molecule has 5 rings (SSSR count). The molecule has 3 N–H and O–H groups in total. The topological polar surface area (TPSA) is 124 Å². The number of aliphatic hydroxyl groups is 2. The Kier molecular flexibility index (Phi) is 7.40. The lowest BCUT2D eigenvalue weighted by Gasteiger charge is -2.28. The van der Waals surface area contributed by atoms with Gasteiger partial charge in [0, 0.05) is 12.0 Å². The number of hydrogen-bond acceptors (Lipinski definition) is 9. The van der Waals surface area contributed by atoms with Crippen molar-refractivity contribution in [2.75, 3.05) is 5.32 Å². The molecule has 0 radical (unpaired) electrons. The fourth-order valence-corrected chi connectivity index (χ4v) is 4.83. The number of alkyl halides is 2. The maximum Gasteiger partial charge on any atom is 0.387 e. The molecule has 1 saturated heterocycles. The lowest BCUT2D eigenvalue weighted by molar-refractivity contribution is -0.0498. The summed E-state index contributed by atoms with van der Waals surface area (Å²) in [6.45, 7) is 1.09. The number of aromatic nitrogens is 4. The van der Waals surface area contributed by atoms with Crippen LogP contribution in [0.1, 0.15) is 51.3 Å². The number of nitrogens with zero attached hydrogens (tertiary/aromatic N) is 4. The Labute approximate surface area is 212 Å². The predicted molar refractivity (Wildman–Crippen MR) is 129 cm³/mol. The van der Waals surface area contributed by atoms with Crippen molar-refractivity contribution in [2.45, 2.75) is 83.3 Å². The Bertz CT molecular complexity index is 1200. The Balaban J connectivity index is 1.43. The van der Waals surface area contributed by atoms with E-state index in [1.165, 1.54) is 18.5 Å². The highest BCUT2D eigenvalue weighted by atomic mass is 19.3. The number of anilines is 1. The Morgan fingerprint density at radius 1 is 1.11 bits per heavy atom. The summed E-state index contributed by atoms with van der Waals surface area (Å²) in [5.41, 5.74) is 1.58. The molecule has 3 aromatic rings. The molecule has 4 atom stereocenters. The molecule has 0 unspecified atom stereocenters. The summed E-state index contributed by atoms with van der Waals surface area (Å²) in [6, 6.07) is 6.24. The number of rotatable bonds is 8. The molecule has 10 nitrogen and oxygen atoms in total. The summed E-state index contributed by atoms with van der Waals surface area (Å²) < 4.78 is 43.0. The summed E-state index contributed by atoms with van der Waals surface area (Å²) in [5.74, 6) is 0.703. The van der Waals surface area contributed by atoms with E-state index in [1.54, 1.807) is 16.7 Å². The Morgan fingerprint density at radius 2 is 1.84 bits per heavy atom. The smallest absolute Gasteiger partial charge is 0.387 e. The first-order chi connectivity index (χ1) is 17.8. The second kappa shape index (κ2) is 10.7. The molecule has 2 aromatic heterocycles. The van der Waals surface area contributed by atoms with Gasteiger partial charge >= 0.3 is 6.61 Å². The van der Waals surface area contributed by atoms with Gasteiger partial charge in [0.2, 0.25) is 11.8 Å². The highest BCUT2D eigenvalue weighted by Crippen LogP contribution is 2.39. The number of fused-ring (bicyclic) bond motifs is 1. The summed E-state index contributed by atoms with van der Waals surface area (Å²) in [7, 11) is 0. The normalized spacial score (nSPS) is 28.1. The van der Waals surface area contributed by atoms with E-state index in [-0.39, 0.29) is 42.4 Å². The van der Waals surface area contributed by atoms with E-state index in [2.05, 4.69) is 20.0 Å². The summed E-state index contributed by atoms with van der Waals surface area (Å²) in [4.78, 5) is 13.5. The van der Waals surface area contributed by atoms with Crippen molar-refractivity contribution in [2.24, 2.45) is 5.92 Å². The molecule has 3 heterocycles. The third-order valence-electron chi connectivity index (χ3n) is 7.18. The van der Waals surface area contributed by atoms with Gasteiger partial charge in [-0.15, -0.1) is 0 Å². The van der Waals surface area contributed by atoms with Crippen LogP contribution in [0.3, 0.4) is 0 Å². The molecular weight excluding hydrogens is 488 g/mol. The molecule has 2 fully saturated rings. The van der Waals surface area contributed by atoms with Crippen LogP contribution in [0.15, 0.2) is 30.6 Å². The van der Waals surface area contributed by atoms with Gasteiger partial charge in [0.1, 0.15) is 24.8 Å². The van der Waals surface area contributed by atoms with Gasteiger partial charge in [0.15, 0.2) is 17.4 Å². The Morgan fingerprint density at radius 3 is 2.49 bits per heavy atom. The van der Waals surface area contributed by atoms with Gasteiger partial charge in [-0.25, -0.2) is 9.97 Å². The van der Waals surface area contributed by atoms with Crippen molar-refractivity contribution in [3.05, 3.63) is 36.2 Å². The van der Waals surface area contributed by atoms with Crippen molar-refractivity contribution < 1.29 is 33.2 Å². The van der Waals surface area contributed by atoms with E-state index >= 15 is 0 Å². The fourth-order valence-electron chi connectivity index (χ4n) is 4.83.